The molecule has 1 aliphatic rings. The average molecular weight is 251 g/mol. The summed E-state index contributed by atoms with van der Waals surface area (Å²) in [5.74, 6) is 1.73. The Kier molecular flexibility index (Phi) is 4.40. The third-order valence-corrected chi connectivity index (χ3v) is 3.80. The van der Waals surface area contributed by atoms with E-state index in [0.717, 1.165) is 37.5 Å². The van der Waals surface area contributed by atoms with Crippen molar-refractivity contribution in [3.05, 3.63) is 17.7 Å². The number of imidazole rings is 1. The molecular formula is C14H25N3O. The van der Waals surface area contributed by atoms with Gasteiger partial charge in [-0.15, -0.1) is 0 Å². The van der Waals surface area contributed by atoms with Gasteiger partial charge in [-0.2, -0.15) is 0 Å². The molecular weight excluding hydrogens is 226 g/mol. The summed E-state index contributed by atoms with van der Waals surface area (Å²) in [6.07, 6.45) is 6.61. The van der Waals surface area contributed by atoms with Crippen LogP contribution in [0, 0.1) is 5.92 Å². The lowest BCUT2D eigenvalue weighted by molar-refractivity contribution is -0.0876. The standard InChI is InChI=1S/C14H25N3O/c1-4-18-14(7-5-6-11(2)8-14)13-16-10-12(17-13)9-15-3/h10-11,15H,4-9H2,1-3H3,(H,16,17). The van der Waals surface area contributed by atoms with Crippen molar-refractivity contribution in [2.45, 2.75) is 51.7 Å². The van der Waals surface area contributed by atoms with Gasteiger partial charge in [0, 0.05) is 25.0 Å². The van der Waals surface area contributed by atoms with Crippen LogP contribution in [0.4, 0.5) is 0 Å². The number of rotatable bonds is 5. The zero-order valence-electron chi connectivity index (χ0n) is 11.8. The molecule has 1 aliphatic carbocycles. The lowest BCUT2D eigenvalue weighted by atomic mass is 9.78. The molecule has 0 aliphatic heterocycles. The van der Waals surface area contributed by atoms with Crippen LogP contribution >= 0.6 is 0 Å². The molecule has 0 amide bonds. The minimum atomic E-state index is -0.182. The van der Waals surface area contributed by atoms with E-state index in [4.69, 9.17) is 4.74 Å². The van der Waals surface area contributed by atoms with Crippen LogP contribution in [0.1, 0.15) is 51.0 Å². The lowest BCUT2D eigenvalue weighted by Gasteiger charge is -2.38. The van der Waals surface area contributed by atoms with Crippen molar-refractivity contribution in [1.82, 2.24) is 15.3 Å². The van der Waals surface area contributed by atoms with E-state index < -0.39 is 0 Å². The van der Waals surface area contributed by atoms with Crippen molar-refractivity contribution in [2.75, 3.05) is 13.7 Å². The summed E-state index contributed by atoms with van der Waals surface area (Å²) in [6, 6.07) is 0. The summed E-state index contributed by atoms with van der Waals surface area (Å²) in [4.78, 5) is 7.99. The number of nitrogens with one attached hydrogen (secondary N) is 2. The van der Waals surface area contributed by atoms with Gasteiger partial charge in [-0.1, -0.05) is 13.3 Å². The molecule has 0 saturated heterocycles. The molecule has 0 spiro atoms. The van der Waals surface area contributed by atoms with Crippen molar-refractivity contribution in [2.24, 2.45) is 5.92 Å². The van der Waals surface area contributed by atoms with Crippen molar-refractivity contribution < 1.29 is 4.74 Å². The molecule has 0 radical (unpaired) electrons. The first-order valence-electron chi connectivity index (χ1n) is 7.03. The Labute approximate surface area is 110 Å². The fourth-order valence-corrected chi connectivity index (χ4v) is 3.06. The van der Waals surface area contributed by atoms with Gasteiger partial charge in [0.1, 0.15) is 11.4 Å². The van der Waals surface area contributed by atoms with Crippen molar-refractivity contribution in [1.29, 1.82) is 0 Å². The van der Waals surface area contributed by atoms with Gasteiger partial charge in [0.05, 0.1) is 0 Å². The highest BCUT2D eigenvalue weighted by molar-refractivity contribution is 5.10. The summed E-state index contributed by atoms with van der Waals surface area (Å²) in [7, 11) is 1.95. The van der Waals surface area contributed by atoms with Gasteiger partial charge in [0.15, 0.2) is 0 Å². The lowest BCUT2D eigenvalue weighted by Crippen LogP contribution is -2.36. The number of nitrogens with zero attached hydrogens (tertiary/aromatic N) is 1. The third kappa shape index (κ3) is 2.75. The second kappa shape index (κ2) is 5.85. The van der Waals surface area contributed by atoms with E-state index in [1.807, 2.05) is 13.2 Å². The maximum atomic E-state index is 6.10. The third-order valence-electron chi connectivity index (χ3n) is 3.80. The van der Waals surface area contributed by atoms with Gasteiger partial charge in [-0.05, 0) is 39.2 Å². The first-order chi connectivity index (χ1) is 8.70. The molecule has 0 aromatic carbocycles. The maximum absolute atomic E-state index is 6.10. The average Bonchev–Trinajstić information content (AvgIpc) is 2.79. The molecule has 4 nitrogen and oxygen atoms in total. The highest BCUT2D eigenvalue weighted by atomic mass is 16.5. The highest BCUT2D eigenvalue weighted by Gasteiger charge is 2.39. The van der Waals surface area contributed by atoms with E-state index >= 15 is 0 Å². The van der Waals surface area contributed by atoms with Gasteiger partial charge in [-0.3, -0.25) is 0 Å². The molecule has 2 unspecified atom stereocenters. The molecule has 1 aromatic heterocycles. The van der Waals surface area contributed by atoms with E-state index in [9.17, 15) is 0 Å². The Morgan fingerprint density at radius 2 is 2.44 bits per heavy atom. The Balaban J connectivity index is 2.21. The first-order valence-corrected chi connectivity index (χ1v) is 7.03. The van der Waals surface area contributed by atoms with E-state index in [1.165, 1.54) is 12.8 Å². The smallest absolute Gasteiger partial charge is 0.138 e. The zero-order valence-corrected chi connectivity index (χ0v) is 11.8. The van der Waals surface area contributed by atoms with E-state index in [2.05, 4.69) is 29.1 Å². The Hall–Kier alpha value is -0.870. The van der Waals surface area contributed by atoms with Crippen LogP contribution in [-0.2, 0) is 16.9 Å². The Bertz CT molecular complexity index is 373. The van der Waals surface area contributed by atoms with Crippen LogP contribution in [0.5, 0.6) is 0 Å². The number of hydrogen-bond donors (Lipinski definition) is 2. The predicted molar refractivity (Wildman–Crippen MR) is 72.3 cm³/mol. The molecule has 4 heteroatoms. The van der Waals surface area contributed by atoms with E-state index in [-0.39, 0.29) is 5.60 Å². The molecule has 1 saturated carbocycles. The van der Waals surface area contributed by atoms with Crippen LogP contribution < -0.4 is 5.32 Å². The van der Waals surface area contributed by atoms with Crippen LogP contribution in [0.2, 0.25) is 0 Å². The SMILES string of the molecule is CCOC1(c2ncc(CNC)[nH]2)CCCC(C)C1. The van der Waals surface area contributed by atoms with Crippen LogP contribution in [0.3, 0.4) is 0 Å². The molecule has 2 N–H and O–H groups in total. The topological polar surface area (TPSA) is 49.9 Å². The van der Waals surface area contributed by atoms with Crippen LogP contribution in [0.25, 0.3) is 0 Å². The summed E-state index contributed by atoms with van der Waals surface area (Å²) in [5, 5.41) is 3.14. The summed E-state index contributed by atoms with van der Waals surface area (Å²) < 4.78 is 6.10. The molecule has 18 heavy (non-hydrogen) atoms. The number of aromatic nitrogens is 2. The summed E-state index contributed by atoms with van der Waals surface area (Å²) in [6.45, 7) is 5.95. The minimum absolute atomic E-state index is 0.182. The normalized spacial score (nSPS) is 28.5. The van der Waals surface area contributed by atoms with Gasteiger partial charge >= 0.3 is 0 Å². The monoisotopic (exact) mass is 251 g/mol. The summed E-state index contributed by atoms with van der Waals surface area (Å²) in [5.41, 5.74) is 0.947. The van der Waals surface area contributed by atoms with Crippen molar-refractivity contribution >= 4 is 0 Å². The Morgan fingerprint density at radius 3 is 3.11 bits per heavy atom. The van der Waals surface area contributed by atoms with Crippen LogP contribution in [-0.4, -0.2) is 23.6 Å². The van der Waals surface area contributed by atoms with Crippen molar-refractivity contribution in [3.8, 4) is 0 Å². The fourth-order valence-electron chi connectivity index (χ4n) is 3.06. The van der Waals surface area contributed by atoms with Crippen molar-refractivity contribution in [3.63, 3.8) is 0 Å². The predicted octanol–water partition coefficient (Wildman–Crippen LogP) is 2.57. The quantitative estimate of drug-likeness (QED) is 0.845. The number of H-pyrrole nitrogens is 1. The number of aromatic amines is 1. The van der Waals surface area contributed by atoms with Crippen LogP contribution in [0.15, 0.2) is 6.20 Å². The Morgan fingerprint density at radius 1 is 1.61 bits per heavy atom. The van der Waals surface area contributed by atoms with Gasteiger partial charge in [0.2, 0.25) is 0 Å². The number of hydrogen-bond acceptors (Lipinski definition) is 3. The van der Waals surface area contributed by atoms with Gasteiger partial charge in [0.25, 0.3) is 0 Å². The van der Waals surface area contributed by atoms with E-state index in [0.29, 0.717) is 5.92 Å². The minimum Gasteiger partial charge on any atom is -0.367 e. The van der Waals surface area contributed by atoms with Gasteiger partial charge < -0.3 is 15.0 Å². The molecule has 0 bridgehead atoms. The molecule has 2 atom stereocenters. The first kappa shape index (κ1) is 13.6. The highest BCUT2D eigenvalue weighted by Crippen LogP contribution is 2.41. The molecule has 1 heterocycles. The molecule has 1 fully saturated rings. The maximum Gasteiger partial charge on any atom is 0.138 e. The fraction of sp³-hybridized carbons (Fsp3) is 0.786. The number of ether oxygens (including phenoxy) is 1. The second-order valence-electron chi connectivity index (χ2n) is 5.42. The zero-order chi connectivity index (χ0) is 13.0. The second-order valence-corrected chi connectivity index (χ2v) is 5.42. The van der Waals surface area contributed by atoms with Gasteiger partial charge in [-0.25, -0.2) is 4.98 Å². The molecule has 2 rings (SSSR count). The molecule has 102 valence electrons. The van der Waals surface area contributed by atoms with E-state index in [1.54, 1.807) is 0 Å². The summed E-state index contributed by atoms with van der Waals surface area (Å²) >= 11 is 0. The largest absolute Gasteiger partial charge is 0.367 e. The molecule has 1 aromatic rings.